The van der Waals surface area contributed by atoms with Gasteiger partial charge in [0, 0.05) is 13.1 Å². The lowest BCUT2D eigenvalue weighted by Crippen LogP contribution is -2.41. The summed E-state index contributed by atoms with van der Waals surface area (Å²) in [5, 5.41) is 2.80. The summed E-state index contributed by atoms with van der Waals surface area (Å²) in [6, 6.07) is -0.390. The lowest BCUT2D eigenvalue weighted by atomic mass is 10.3. The summed E-state index contributed by atoms with van der Waals surface area (Å²) in [4.78, 5) is 13.4. The summed E-state index contributed by atoms with van der Waals surface area (Å²) in [6.07, 6.45) is 2.59. The Morgan fingerprint density at radius 2 is 2.15 bits per heavy atom. The number of carbonyl (C=O) groups is 1. The lowest BCUT2D eigenvalue weighted by molar-refractivity contribution is -0.122. The van der Waals surface area contributed by atoms with Crippen molar-refractivity contribution in [2.75, 3.05) is 26.2 Å². The molecule has 1 fully saturated rings. The van der Waals surface area contributed by atoms with E-state index in [-0.39, 0.29) is 5.91 Å². The largest absolute Gasteiger partial charge is 0.353 e. The number of rotatable bonds is 4. The normalized spacial score (nSPS) is 20.2. The van der Waals surface area contributed by atoms with Gasteiger partial charge in [0.2, 0.25) is 5.91 Å². The van der Waals surface area contributed by atoms with Gasteiger partial charge in [-0.1, -0.05) is 0 Å². The molecule has 1 aliphatic rings. The highest BCUT2D eigenvalue weighted by Crippen LogP contribution is 2.05. The number of hydrogen-bond acceptors (Lipinski definition) is 3. The van der Waals surface area contributed by atoms with Crippen LogP contribution in [0.3, 0.4) is 0 Å². The Morgan fingerprint density at radius 1 is 1.54 bits per heavy atom. The van der Waals surface area contributed by atoms with E-state index in [1.165, 1.54) is 25.9 Å². The molecule has 1 aliphatic heterocycles. The molecule has 4 heteroatoms. The zero-order chi connectivity index (χ0) is 9.68. The fourth-order valence-corrected chi connectivity index (χ4v) is 1.50. The van der Waals surface area contributed by atoms with E-state index in [1.807, 2.05) is 0 Å². The summed E-state index contributed by atoms with van der Waals surface area (Å²) in [7, 11) is 0. The quantitative estimate of drug-likeness (QED) is 0.623. The first-order valence-electron chi connectivity index (χ1n) is 4.96. The maximum atomic E-state index is 11.1. The third-order valence-electron chi connectivity index (χ3n) is 2.34. The van der Waals surface area contributed by atoms with Crippen LogP contribution in [0, 0.1) is 0 Å². The second-order valence-electron chi connectivity index (χ2n) is 3.63. The second kappa shape index (κ2) is 5.19. The number of carbonyl (C=O) groups excluding carboxylic acids is 1. The first-order chi connectivity index (χ1) is 6.20. The van der Waals surface area contributed by atoms with E-state index in [0.717, 1.165) is 13.1 Å². The van der Waals surface area contributed by atoms with Crippen molar-refractivity contribution in [1.82, 2.24) is 10.2 Å². The molecule has 0 radical (unpaired) electrons. The van der Waals surface area contributed by atoms with Crippen molar-refractivity contribution in [2.45, 2.75) is 25.8 Å². The third kappa shape index (κ3) is 3.74. The van der Waals surface area contributed by atoms with Crippen molar-refractivity contribution in [3.63, 3.8) is 0 Å². The maximum Gasteiger partial charge on any atom is 0.236 e. The smallest absolute Gasteiger partial charge is 0.236 e. The van der Waals surface area contributed by atoms with Crippen molar-refractivity contribution >= 4 is 5.91 Å². The van der Waals surface area contributed by atoms with Crippen molar-refractivity contribution in [3.05, 3.63) is 0 Å². The summed E-state index contributed by atoms with van der Waals surface area (Å²) >= 11 is 0. The van der Waals surface area contributed by atoms with Gasteiger partial charge in [-0.25, -0.2) is 0 Å². The fraction of sp³-hybridized carbons (Fsp3) is 0.889. The number of likely N-dealkylation sites (tertiary alicyclic amines) is 1. The predicted octanol–water partition coefficient (Wildman–Crippen LogP) is -0.454. The molecule has 1 heterocycles. The molecule has 1 saturated heterocycles. The number of nitrogens with one attached hydrogen (secondary N) is 1. The van der Waals surface area contributed by atoms with Gasteiger partial charge in [-0.2, -0.15) is 0 Å². The van der Waals surface area contributed by atoms with Gasteiger partial charge in [0.25, 0.3) is 0 Å². The Balaban J connectivity index is 2.03. The van der Waals surface area contributed by atoms with Crippen LogP contribution in [-0.4, -0.2) is 43.0 Å². The van der Waals surface area contributed by atoms with Gasteiger partial charge < -0.3 is 16.0 Å². The van der Waals surface area contributed by atoms with E-state index in [4.69, 9.17) is 5.73 Å². The second-order valence-corrected chi connectivity index (χ2v) is 3.63. The average molecular weight is 185 g/mol. The summed E-state index contributed by atoms with van der Waals surface area (Å²) in [5.41, 5.74) is 5.40. The van der Waals surface area contributed by atoms with E-state index in [9.17, 15) is 4.79 Å². The van der Waals surface area contributed by atoms with Gasteiger partial charge in [0.1, 0.15) is 0 Å². The first kappa shape index (κ1) is 10.5. The van der Waals surface area contributed by atoms with E-state index in [0.29, 0.717) is 0 Å². The van der Waals surface area contributed by atoms with Crippen molar-refractivity contribution in [2.24, 2.45) is 5.73 Å². The molecule has 0 unspecified atom stereocenters. The van der Waals surface area contributed by atoms with E-state index < -0.39 is 6.04 Å². The van der Waals surface area contributed by atoms with Crippen LogP contribution in [0.15, 0.2) is 0 Å². The Morgan fingerprint density at radius 3 is 2.69 bits per heavy atom. The topological polar surface area (TPSA) is 58.4 Å². The number of amides is 1. The zero-order valence-electron chi connectivity index (χ0n) is 8.25. The summed E-state index contributed by atoms with van der Waals surface area (Å²) < 4.78 is 0. The third-order valence-corrected chi connectivity index (χ3v) is 2.34. The van der Waals surface area contributed by atoms with Crippen molar-refractivity contribution in [3.8, 4) is 0 Å². The minimum absolute atomic E-state index is 0.0563. The van der Waals surface area contributed by atoms with Crippen LogP contribution >= 0.6 is 0 Å². The molecule has 0 spiro atoms. The summed E-state index contributed by atoms with van der Waals surface area (Å²) in [5.74, 6) is -0.0563. The molecule has 1 rings (SSSR count). The minimum atomic E-state index is -0.390. The molecule has 1 amide bonds. The molecular weight excluding hydrogens is 166 g/mol. The van der Waals surface area contributed by atoms with Gasteiger partial charge in [-0.15, -0.1) is 0 Å². The van der Waals surface area contributed by atoms with E-state index in [1.54, 1.807) is 6.92 Å². The highest BCUT2D eigenvalue weighted by atomic mass is 16.2. The number of nitrogens with zero attached hydrogens (tertiary/aromatic N) is 1. The molecule has 3 N–H and O–H groups in total. The highest BCUT2D eigenvalue weighted by Gasteiger charge is 2.11. The molecule has 76 valence electrons. The molecule has 4 nitrogen and oxygen atoms in total. The van der Waals surface area contributed by atoms with Gasteiger partial charge in [0.05, 0.1) is 6.04 Å². The molecule has 0 bridgehead atoms. The van der Waals surface area contributed by atoms with Crippen LogP contribution in [0.2, 0.25) is 0 Å². The fourth-order valence-electron chi connectivity index (χ4n) is 1.50. The van der Waals surface area contributed by atoms with Gasteiger partial charge in [0.15, 0.2) is 0 Å². The average Bonchev–Trinajstić information content (AvgIpc) is 2.56. The van der Waals surface area contributed by atoms with Crippen LogP contribution in [0.25, 0.3) is 0 Å². The number of nitrogens with two attached hydrogens (primary N) is 1. The van der Waals surface area contributed by atoms with E-state index >= 15 is 0 Å². The zero-order valence-corrected chi connectivity index (χ0v) is 8.25. The Labute approximate surface area is 79.5 Å². The monoisotopic (exact) mass is 185 g/mol. The molecule has 0 aromatic heterocycles. The molecule has 1 atom stereocenters. The molecule has 13 heavy (non-hydrogen) atoms. The number of hydrogen-bond donors (Lipinski definition) is 2. The van der Waals surface area contributed by atoms with Crippen LogP contribution in [0.4, 0.5) is 0 Å². The first-order valence-corrected chi connectivity index (χ1v) is 4.96. The maximum absolute atomic E-state index is 11.1. The van der Waals surface area contributed by atoms with Gasteiger partial charge in [-0.3, -0.25) is 4.79 Å². The predicted molar refractivity (Wildman–Crippen MR) is 52.3 cm³/mol. The Kier molecular flexibility index (Phi) is 4.18. The van der Waals surface area contributed by atoms with Crippen molar-refractivity contribution < 1.29 is 4.79 Å². The molecular formula is C9H19N3O. The van der Waals surface area contributed by atoms with Crippen LogP contribution in [0.5, 0.6) is 0 Å². The Bertz CT molecular complexity index is 164. The summed E-state index contributed by atoms with van der Waals surface area (Å²) in [6.45, 7) is 5.73. The van der Waals surface area contributed by atoms with Crippen LogP contribution < -0.4 is 11.1 Å². The Hall–Kier alpha value is -0.610. The standard InChI is InChI=1S/C9H19N3O/c1-8(10)9(13)11-4-7-12-5-2-3-6-12/h8H,2-7,10H2,1H3,(H,11,13)/t8-/m1/s1. The minimum Gasteiger partial charge on any atom is -0.353 e. The molecule has 0 aromatic rings. The van der Waals surface area contributed by atoms with Gasteiger partial charge >= 0.3 is 0 Å². The van der Waals surface area contributed by atoms with Gasteiger partial charge in [-0.05, 0) is 32.9 Å². The van der Waals surface area contributed by atoms with Crippen molar-refractivity contribution in [1.29, 1.82) is 0 Å². The van der Waals surface area contributed by atoms with E-state index in [2.05, 4.69) is 10.2 Å². The highest BCUT2D eigenvalue weighted by molar-refractivity contribution is 5.80. The molecule has 0 aliphatic carbocycles. The molecule has 0 saturated carbocycles. The lowest BCUT2D eigenvalue weighted by Gasteiger charge is -2.15. The SMILES string of the molecule is C[C@@H](N)C(=O)NCCN1CCCC1. The molecule has 0 aromatic carbocycles. The van der Waals surface area contributed by atoms with Crippen LogP contribution in [0.1, 0.15) is 19.8 Å². The van der Waals surface area contributed by atoms with Crippen LogP contribution in [-0.2, 0) is 4.79 Å².